The fraction of sp³-hybridized carbons (Fsp3) is 0.611. The molecule has 1 saturated heterocycles. The molecule has 0 aliphatic carbocycles. The third-order valence-electron chi connectivity index (χ3n) is 4.58. The van der Waals surface area contributed by atoms with Crippen LogP contribution >= 0.6 is 0 Å². The molecule has 7 nitrogen and oxygen atoms in total. The van der Waals surface area contributed by atoms with E-state index in [1.807, 2.05) is 23.1 Å². The van der Waals surface area contributed by atoms with Gasteiger partial charge in [0.15, 0.2) is 11.5 Å². The van der Waals surface area contributed by atoms with E-state index in [-0.39, 0.29) is 11.8 Å². The quantitative estimate of drug-likeness (QED) is 0.733. The van der Waals surface area contributed by atoms with Crippen LogP contribution in [0, 0.1) is 5.92 Å². The summed E-state index contributed by atoms with van der Waals surface area (Å²) in [7, 11) is -0.0172. The number of piperidine rings is 1. The number of nitrogens with one attached hydrogen (secondary N) is 1. The molecule has 26 heavy (non-hydrogen) atoms. The first-order valence-corrected chi connectivity index (χ1v) is 10.6. The van der Waals surface area contributed by atoms with Crippen molar-refractivity contribution < 1.29 is 22.7 Å². The third-order valence-corrected chi connectivity index (χ3v) is 5.27. The van der Waals surface area contributed by atoms with E-state index in [1.54, 1.807) is 14.2 Å². The summed E-state index contributed by atoms with van der Waals surface area (Å²) in [5.41, 5.74) is 1.02. The summed E-state index contributed by atoms with van der Waals surface area (Å²) in [5.74, 6) is 1.59. The van der Waals surface area contributed by atoms with Crippen LogP contribution in [-0.2, 0) is 21.2 Å². The second-order valence-corrected chi connectivity index (χ2v) is 8.49. The van der Waals surface area contributed by atoms with Crippen molar-refractivity contribution in [1.82, 2.24) is 9.62 Å². The summed E-state index contributed by atoms with van der Waals surface area (Å²) >= 11 is 0. The van der Waals surface area contributed by atoms with E-state index in [2.05, 4.69) is 4.72 Å². The zero-order valence-corrected chi connectivity index (χ0v) is 16.5. The van der Waals surface area contributed by atoms with Gasteiger partial charge in [0.2, 0.25) is 15.9 Å². The van der Waals surface area contributed by atoms with Crippen LogP contribution in [0.5, 0.6) is 11.5 Å². The summed E-state index contributed by atoms with van der Waals surface area (Å²) in [6, 6.07) is 5.66. The number of methoxy groups -OCH3 is 2. The zero-order chi connectivity index (χ0) is 19.2. The number of likely N-dealkylation sites (tertiary alicyclic amines) is 1. The minimum atomic E-state index is -3.20. The molecule has 1 heterocycles. The van der Waals surface area contributed by atoms with E-state index in [9.17, 15) is 13.2 Å². The van der Waals surface area contributed by atoms with Gasteiger partial charge >= 0.3 is 0 Å². The van der Waals surface area contributed by atoms with Crippen molar-refractivity contribution in [1.29, 1.82) is 0 Å². The SMILES string of the molecule is COc1ccc(CCC(=O)N2CCC[C@@H](CNS(C)(=O)=O)C2)cc1OC. The standard InChI is InChI=1S/C18H28N2O5S/c1-24-16-8-6-14(11-17(16)25-2)7-9-18(21)20-10-4-5-15(13-20)12-19-26(3,22)23/h6,8,11,15,19H,4-5,7,9-10,12-13H2,1-3H3/t15-/m0/s1. The number of amides is 1. The molecule has 0 radical (unpaired) electrons. The van der Waals surface area contributed by atoms with Crippen molar-refractivity contribution in [3.63, 3.8) is 0 Å². The zero-order valence-electron chi connectivity index (χ0n) is 15.7. The predicted octanol–water partition coefficient (Wildman–Crippen LogP) is 1.42. The Kier molecular flexibility index (Phi) is 7.28. The van der Waals surface area contributed by atoms with Gasteiger partial charge in [-0.15, -0.1) is 0 Å². The summed E-state index contributed by atoms with van der Waals surface area (Å²) in [4.78, 5) is 14.4. The molecule has 0 saturated carbocycles. The van der Waals surface area contributed by atoms with Crippen molar-refractivity contribution in [3.8, 4) is 11.5 Å². The van der Waals surface area contributed by atoms with Gasteiger partial charge in [0.25, 0.3) is 0 Å². The lowest BCUT2D eigenvalue weighted by Gasteiger charge is -2.33. The van der Waals surface area contributed by atoms with Crippen LogP contribution in [0.15, 0.2) is 18.2 Å². The van der Waals surface area contributed by atoms with Gasteiger partial charge in [0.05, 0.1) is 20.5 Å². The fourth-order valence-electron chi connectivity index (χ4n) is 3.17. The smallest absolute Gasteiger partial charge is 0.222 e. The maximum atomic E-state index is 12.5. The van der Waals surface area contributed by atoms with Gasteiger partial charge in [-0.1, -0.05) is 6.07 Å². The Morgan fingerprint density at radius 1 is 1.27 bits per heavy atom. The average Bonchev–Trinajstić information content (AvgIpc) is 2.63. The van der Waals surface area contributed by atoms with Crippen molar-refractivity contribution in [2.75, 3.05) is 40.1 Å². The molecule has 1 aromatic rings. The lowest BCUT2D eigenvalue weighted by molar-refractivity contribution is -0.132. The number of benzene rings is 1. The Morgan fingerprint density at radius 3 is 2.65 bits per heavy atom. The summed E-state index contributed by atoms with van der Waals surface area (Å²) in [6.45, 7) is 1.73. The van der Waals surface area contributed by atoms with Gasteiger partial charge in [-0.3, -0.25) is 4.79 Å². The fourth-order valence-corrected chi connectivity index (χ4v) is 3.71. The lowest BCUT2D eigenvalue weighted by Crippen LogP contribution is -2.43. The summed E-state index contributed by atoms with van der Waals surface area (Å²) in [5, 5.41) is 0. The topological polar surface area (TPSA) is 84.9 Å². The minimum absolute atomic E-state index is 0.101. The van der Waals surface area contributed by atoms with Gasteiger partial charge in [0.1, 0.15) is 0 Å². The molecule has 0 unspecified atom stereocenters. The summed E-state index contributed by atoms with van der Waals surface area (Å²) < 4.78 is 35.5. The van der Waals surface area contributed by atoms with Gasteiger partial charge < -0.3 is 14.4 Å². The molecule has 1 N–H and O–H groups in total. The van der Waals surface area contributed by atoms with Crippen molar-refractivity contribution in [2.24, 2.45) is 5.92 Å². The lowest BCUT2D eigenvalue weighted by atomic mass is 9.97. The van der Waals surface area contributed by atoms with Gasteiger partial charge in [-0.25, -0.2) is 13.1 Å². The van der Waals surface area contributed by atoms with Crippen LogP contribution in [0.25, 0.3) is 0 Å². The van der Waals surface area contributed by atoms with E-state index in [0.29, 0.717) is 37.4 Å². The van der Waals surface area contributed by atoms with Crippen LogP contribution < -0.4 is 14.2 Å². The molecule has 8 heteroatoms. The Balaban J connectivity index is 1.87. The molecule has 2 rings (SSSR count). The number of carbonyl (C=O) groups is 1. The normalized spacial score (nSPS) is 17.8. The summed E-state index contributed by atoms with van der Waals surface area (Å²) in [6.07, 6.45) is 4.03. The first-order chi connectivity index (χ1) is 12.3. The molecular weight excluding hydrogens is 356 g/mol. The molecule has 1 atom stereocenters. The van der Waals surface area contributed by atoms with Crippen LogP contribution in [-0.4, -0.2) is 59.3 Å². The monoisotopic (exact) mass is 384 g/mol. The maximum absolute atomic E-state index is 12.5. The van der Waals surface area contributed by atoms with Crippen LogP contribution in [0.1, 0.15) is 24.8 Å². The second-order valence-electron chi connectivity index (χ2n) is 6.66. The number of hydrogen-bond acceptors (Lipinski definition) is 5. The Hall–Kier alpha value is -1.80. The van der Waals surface area contributed by atoms with Crippen LogP contribution in [0.4, 0.5) is 0 Å². The Bertz CT molecular complexity index is 720. The highest BCUT2D eigenvalue weighted by Crippen LogP contribution is 2.28. The molecule has 146 valence electrons. The van der Waals surface area contributed by atoms with E-state index in [1.165, 1.54) is 0 Å². The molecular formula is C18H28N2O5S. The van der Waals surface area contributed by atoms with Gasteiger partial charge in [-0.05, 0) is 42.9 Å². The average molecular weight is 384 g/mol. The third kappa shape index (κ3) is 6.17. The van der Waals surface area contributed by atoms with Crippen LogP contribution in [0.2, 0.25) is 0 Å². The largest absolute Gasteiger partial charge is 0.493 e. The molecule has 1 amide bonds. The number of carbonyl (C=O) groups excluding carboxylic acids is 1. The first-order valence-electron chi connectivity index (χ1n) is 8.75. The van der Waals surface area contributed by atoms with E-state index in [4.69, 9.17) is 9.47 Å². The van der Waals surface area contributed by atoms with Gasteiger partial charge in [0, 0.05) is 26.1 Å². The molecule has 0 aromatic heterocycles. The minimum Gasteiger partial charge on any atom is -0.493 e. The number of hydrogen-bond donors (Lipinski definition) is 1. The molecule has 0 bridgehead atoms. The number of aryl methyl sites for hydroxylation is 1. The first kappa shape index (κ1) is 20.5. The van der Waals surface area contributed by atoms with E-state index >= 15 is 0 Å². The highest BCUT2D eigenvalue weighted by molar-refractivity contribution is 7.88. The maximum Gasteiger partial charge on any atom is 0.222 e. The molecule has 1 aromatic carbocycles. The van der Waals surface area contributed by atoms with E-state index < -0.39 is 10.0 Å². The number of nitrogens with zero attached hydrogens (tertiary/aromatic N) is 1. The van der Waals surface area contributed by atoms with Crippen molar-refractivity contribution >= 4 is 15.9 Å². The van der Waals surface area contributed by atoms with Crippen molar-refractivity contribution in [2.45, 2.75) is 25.7 Å². The van der Waals surface area contributed by atoms with Gasteiger partial charge in [-0.2, -0.15) is 0 Å². The number of sulfonamides is 1. The molecule has 1 aliphatic heterocycles. The highest BCUT2D eigenvalue weighted by atomic mass is 32.2. The molecule has 1 aliphatic rings. The Morgan fingerprint density at radius 2 is 2.00 bits per heavy atom. The second kappa shape index (κ2) is 9.23. The molecule has 1 fully saturated rings. The van der Waals surface area contributed by atoms with E-state index in [0.717, 1.165) is 31.2 Å². The highest BCUT2D eigenvalue weighted by Gasteiger charge is 2.24. The number of ether oxygens (including phenoxy) is 2. The Labute approximate surface area is 155 Å². The number of rotatable bonds is 8. The van der Waals surface area contributed by atoms with Crippen LogP contribution in [0.3, 0.4) is 0 Å². The predicted molar refractivity (Wildman–Crippen MR) is 100 cm³/mol. The van der Waals surface area contributed by atoms with Crippen molar-refractivity contribution in [3.05, 3.63) is 23.8 Å². The molecule has 0 spiro atoms.